The molecule has 1 N–H and O–H groups in total. The van der Waals surface area contributed by atoms with Gasteiger partial charge in [0, 0.05) is 24.8 Å². The Hall–Kier alpha value is -1.38. The summed E-state index contributed by atoms with van der Waals surface area (Å²) in [6, 6.07) is 2.75. The highest BCUT2D eigenvalue weighted by Gasteiger charge is 2.10. The maximum Gasteiger partial charge on any atom is 0.182 e. The quantitative estimate of drug-likeness (QED) is 0.743. The van der Waals surface area contributed by atoms with Crippen molar-refractivity contribution >= 4 is 5.78 Å². The maximum absolute atomic E-state index is 11.6. The number of rotatable bonds is 4. The first kappa shape index (κ1) is 10.7. The number of aromatic amines is 1. The van der Waals surface area contributed by atoms with Crippen LogP contribution in [-0.4, -0.2) is 10.8 Å². The van der Waals surface area contributed by atoms with Gasteiger partial charge in [0.25, 0.3) is 0 Å². The first-order valence-electron chi connectivity index (χ1n) is 4.85. The molecule has 14 heavy (non-hydrogen) atoms. The van der Waals surface area contributed by atoms with E-state index in [-0.39, 0.29) is 11.2 Å². The average Bonchev–Trinajstić information content (AvgIpc) is 2.17. The summed E-state index contributed by atoms with van der Waals surface area (Å²) in [4.78, 5) is 25.4. The van der Waals surface area contributed by atoms with Gasteiger partial charge in [0.15, 0.2) is 11.2 Å². The van der Waals surface area contributed by atoms with E-state index >= 15 is 0 Å². The molecule has 1 atom stereocenters. The molecule has 1 aromatic heterocycles. The van der Waals surface area contributed by atoms with Gasteiger partial charge in [0.2, 0.25) is 0 Å². The zero-order valence-electron chi connectivity index (χ0n) is 8.54. The van der Waals surface area contributed by atoms with Gasteiger partial charge in [0.05, 0.1) is 5.69 Å². The minimum absolute atomic E-state index is 0.0112. The number of carbonyl (C=O) groups excluding carboxylic acids is 1. The number of H-pyrrole nitrogens is 1. The molecule has 0 aromatic carbocycles. The van der Waals surface area contributed by atoms with Crippen molar-refractivity contribution in [3.63, 3.8) is 0 Å². The Kier molecular flexibility index (Phi) is 3.63. The van der Waals surface area contributed by atoms with Gasteiger partial charge in [-0.25, -0.2) is 0 Å². The third-order valence-corrected chi connectivity index (χ3v) is 2.30. The molecule has 1 rings (SSSR count). The number of aromatic nitrogens is 1. The molecule has 76 valence electrons. The second-order valence-electron chi connectivity index (χ2n) is 3.58. The first-order chi connectivity index (χ1) is 6.63. The molecule has 0 aliphatic carbocycles. The molecule has 0 radical (unpaired) electrons. The van der Waals surface area contributed by atoms with Gasteiger partial charge < -0.3 is 4.98 Å². The summed E-state index contributed by atoms with van der Waals surface area (Å²) in [6.45, 7) is 4.07. The zero-order valence-corrected chi connectivity index (χ0v) is 8.54. The highest BCUT2D eigenvalue weighted by Crippen LogP contribution is 2.09. The Bertz CT molecular complexity index is 368. The van der Waals surface area contributed by atoms with Gasteiger partial charge in [-0.15, -0.1) is 0 Å². The molecule has 1 heterocycles. The molecule has 0 saturated heterocycles. The van der Waals surface area contributed by atoms with Crippen LogP contribution in [0.4, 0.5) is 0 Å². The molecule has 0 bridgehead atoms. The van der Waals surface area contributed by atoms with Gasteiger partial charge >= 0.3 is 0 Å². The van der Waals surface area contributed by atoms with Gasteiger partial charge in [-0.05, 0) is 5.92 Å². The van der Waals surface area contributed by atoms with Crippen molar-refractivity contribution in [2.75, 3.05) is 0 Å². The normalized spacial score (nSPS) is 12.4. The molecule has 1 aromatic rings. The van der Waals surface area contributed by atoms with Gasteiger partial charge in [-0.1, -0.05) is 20.3 Å². The summed E-state index contributed by atoms with van der Waals surface area (Å²) in [5.41, 5.74) is 0.286. The van der Waals surface area contributed by atoms with E-state index in [1.807, 2.05) is 13.8 Å². The van der Waals surface area contributed by atoms with Crippen LogP contribution >= 0.6 is 0 Å². The topological polar surface area (TPSA) is 49.9 Å². The molecule has 0 amide bonds. The van der Waals surface area contributed by atoms with Gasteiger partial charge in [-0.2, -0.15) is 0 Å². The van der Waals surface area contributed by atoms with Crippen LogP contribution in [0.5, 0.6) is 0 Å². The minimum atomic E-state index is -0.128. The number of pyridine rings is 1. The SMILES string of the molecule is CCC(C)CC(=O)c1cc(=O)cc[nH]1. The molecular formula is C11H15NO2. The Morgan fingerprint density at radius 3 is 2.86 bits per heavy atom. The van der Waals surface area contributed by atoms with E-state index < -0.39 is 0 Å². The lowest BCUT2D eigenvalue weighted by atomic mass is 10.0. The summed E-state index contributed by atoms with van der Waals surface area (Å²) in [7, 11) is 0. The Morgan fingerprint density at radius 1 is 1.57 bits per heavy atom. The van der Waals surface area contributed by atoms with Crippen LogP contribution < -0.4 is 5.43 Å². The van der Waals surface area contributed by atoms with E-state index in [1.165, 1.54) is 18.3 Å². The van der Waals surface area contributed by atoms with Crippen molar-refractivity contribution in [1.82, 2.24) is 4.98 Å². The van der Waals surface area contributed by atoms with E-state index in [1.54, 1.807) is 0 Å². The highest BCUT2D eigenvalue weighted by molar-refractivity contribution is 5.94. The smallest absolute Gasteiger partial charge is 0.182 e. The van der Waals surface area contributed by atoms with Crippen LogP contribution in [0.15, 0.2) is 23.1 Å². The van der Waals surface area contributed by atoms with Crippen LogP contribution in [0.2, 0.25) is 0 Å². The Morgan fingerprint density at radius 2 is 2.29 bits per heavy atom. The van der Waals surface area contributed by atoms with Crippen molar-refractivity contribution in [3.05, 3.63) is 34.2 Å². The lowest BCUT2D eigenvalue weighted by Gasteiger charge is -2.06. The van der Waals surface area contributed by atoms with E-state index in [4.69, 9.17) is 0 Å². The maximum atomic E-state index is 11.6. The molecule has 1 unspecified atom stereocenters. The fourth-order valence-corrected chi connectivity index (χ4v) is 1.18. The van der Waals surface area contributed by atoms with Crippen molar-refractivity contribution in [3.8, 4) is 0 Å². The fraction of sp³-hybridized carbons (Fsp3) is 0.455. The van der Waals surface area contributed by atoms with E-state index in [2.05, 4.69) is 4.98 Å². The number of hydrogen-bond acceptors (Lipinski definition) is 2. The molecule has 0 aliphatic rings. The standard InChI is InChI=1S/C11H15NO2/c1-3-8(2)6-11(14)10-7-9(13)4-5-12-10/h4-5,7-8H,3,6H2,1-2H3,(H,12,13). The summed E-state index contributed by atoms with van der Waals surface area (Å²) in [5, 5.41) is 0. The van der Waals surface area contributed by atoms with Crippen molar-refractivity contribution < 1.29 is 4.79 Å². The number of ketones is 1. The number of carbonyl (C=O) groups is 1. The second-order valence-corrected chi connectivity index (χ2v) is 3.58. The molecule has 3 nitrogen and oxygen atoms in total. The number of nitrogens with one attached hydrogen (secondary N) is 1. The zero-order chi connectivity index (χ0) is 10.6. The Balaban J connectivity index is 2.75. The van der Waals surface area contributed by atoms with E-state index in [0.717, 1.165) is 6.42 Å². The van der Waals surface area contributed by atoms with Crippen LogP contribution in [0.1, 0.15) is 37.2 Å². The predicted molar refractivity (Wildman–Crippen MR) is 55.5 cm³/mol. The third-order valence-electron chi connectivity index (χ3n) is 2.30. The summed E-state index contributed by atoms with van der Waals surface area (Å²) >= 11 is 0. The first-order valence-corrected chi connectivity index (χ1v) is 4.85. The van der Waals surface area contributed by atoms with E-state index in [9.17, 15) is 9.59 Å². The fourth-order valence-electron chi connectivity index (χ4n) is 1.18. The predicted octanol–water partition coefficient (Wildman–Crippen LogP) is 1.99. The molecule has 0 aliphatic heterocycles. The number of hydrogen-bond donors (Lipinski definition) is 1. The molecule has 0 spiro atoms. The molecule has 3 heteroatoms. The summed E-state index contributed by atoms with van der Waals surface area (Å²) in [5.74, 6) is 0.378. The largest absolute Gasteiger partial charge is 0.359 e. The van der Waals surface area contributed by atoms with Crippen molar-refractivity contribution in [2.45, 2.75) is 26.7 Å². The molecule has 0 fully saturated rings. The van der Waals surface area contributed by atoms with Crippen LogP contribution in [0.3, 0.4) is 0 Å². The Labute approximate surface area is 83.2 Å². The van der Waals surface area contributed by atoms with Crippen LogP contribution in [-0.2, 0) is 0 Å². The lowest BCUT2D eigenvalue weighted by Crippen LogP contribution is -2.10. The average molecular weight is 193 g/mol. The third kappa shape index (κ3) is 2.83. The van der Waals surface area contributed by atoms with Crippen LogP contribution in [0.25, 0.3) is 0 Å². The second kappa shape index (κ2) is 4.74. The van der Waals surface area contributed by atoms with Gasteiger partial charge in [0.1, 0.15) is 0 Å². The number of Topliss-reactive ketones (excluding diaryl/α,β-unsaturated/α-hetero) is 1. The molecule has 0 saturated carbocycles. The highest BCUT2D eigenvalue weighted by atomic mass is 16.1. The van der Waals surface area contributed by atoms with Gasteiger partial charge in [-0.3, -0.25) is 9.59 Å². The monoisotopic (exact) mass is 193 g/mol. The summed E-state index contributed by atoms with van der Waals surface area (Å²) in [6.07, 6.45) is 2.98. The van der Waals surface area contributed by atoms with E-state index in [0.29, 0.717) is 18.0 Å². The van der Waals surface area contributed by atoms with Crippen molar-refractivity contribution in [2.24, 2.45) is 5.92 Å². The lowest BCUT2D eigenvalue weighted by molar-refractivity contribution is 0.0958. The van der Waals surface area contributed by atoms with Crippen molar-refractivity contribution in [1.29, 1.82) is 0 Å². The van der Waals surface area contributed by atoms with Crippen LogP contribution in [0, 0.1) is 5.92 Å². The molecular weight excluding hydrogens is 178 g/mol. The summed E-state index contributed by atoms with van der Waals surface area (Å²) < 4.78 is 0. The minimum Gasteiger partial charge on any atom is -0.359 e.